The maximum Gasteiger partial charge on any atom is 0.310 e. The van der Waals surface area contributed by atoms with Crippen LogP contribution in [0.5, 0.6) is 0 Å². The second kappa shape index (κ2) is 6.05. The van der Waals surface area contributed by atoms with Crippen molar-refractivity contribution in [2.75, 3.05) is 6.61 Å². The average molecular weight is 308 g/mol. The third-order valence-corrected chi connectivity index (χ3v) is 2.60. The van der Waals surface area contributed by atoms with Crippen molar-refractivity contribution in [1.29, 1.82) is 0 Å². The number of aryl methyl sites for hydroxylation is 1. The van der Waals surface area contributed by atoms with Crippen molar-refractivity contribution in [2.24, 2.45) is 0 Å². The van der Waals surface area contributed by atoms with Crippen LogP contribution < -0.4 is 0 Å². The Kier molecular flexibility index (Phi) is 4.99. The Bertz CT molecular complexity index is 424. The molecule has 1 aromatic rings. The van der Waals surface area contributed by atoms with Gasteiger partial charge in [-0.3, -0.25) is 4.79 Å². The smallest absolute Gasteiger partial charge is 0.310 e. The van der Waals surface area contributed by atoms with Gasteiger partial charge in [0, 0.05) is 11.3 Å². The van der Waals surface area contributed by atoms with E-state index in [2.05, 4.69) is 20.9 Å². The minimum absolute atomic E-state index is 0.181. The number of aromatic nitrogens is 1. The van der Waals surface area contributed by atoms with Gasteiger partial charge in [0.05, 0.1) is 13.0 Å². The molecule has 0 fully saturated rings. The van der Waals surface area contributed by atoms with Crippen LogP contribution in [0.15, 0.2) is 10.7 Å². The summed E-state index contributed by atoms with van der Waals surface area (Å²) in [6, 6.07) is 1.23. The Labute approximate surface area is 106 Å². The SMILES string of the molecule is CCOC(=O)Cc1c(C(F)F)cc(Br)nc1C. The number of rotatable bonds is 4. The van der Waals surface area contributed by atoms with Crippen LogP contribution in [-0.4, -0.2) is 17.6 Å². The number of pyridine rings is 1. The highest BCUT2D eigenvalue weighted by Crippen LogP contribution is 2.27. The van der Waals surface area contributed by atoms with Crippen LogP contribution in [0.3, 0.4) is 0 Å². The van der Waals surface area contributed by atoms with Crippen molar-refractivity contribution in [1.82, 2.24) is 4.98 Å². The fourth-order valence-electron chi connectivity index (χ4n) is 1.47. The molecule has 1 heterocycles. The third-order valence-electron chi connectivity index (χ3n) is 2.20. The summed E-state index contributed by atoms with van der Waals surface area (Å²) in [6.45, 7) is 3.48. The van der Waals surface area contributed by atoms with Crippen molar-refractivity contribution in [3.8, 4) is 0 Å². The first-order chi connectivity index (χ1) is 7.95. The number of ether oxygens (including phenoxy) is 1. The summed E-state index contributed by atoms with van der Waals surface area (Å²) >= 11 is 3.05. The molecule has 0 saturated heterocycles. The largest absolute Gasteiger partial charge is 0.466 e. The zero-order chi connectivity index (χ0) is 13.0. The standard InChI is InChI=1S/C11H12BrF2NO2/c1-3-17-10(16)5-7-6(2)15-9(12)4-8(7)11(13)14/h4,11H,3,5H2,1-2H3. The third kappa shape index (κ3) is 3.73. The fourth-order valence-corrected chi connectivity index (χ4v) is 1.98. The summed E-state index contributed by atoms with van der Waals surface area (Å²) in [6.07, 6.45) is -2.82. The summed E-state index contributed by atoms with van der Waals surface area (Å²) in [4.78, 5) is 15.3. The number of hydrogen-bond donors (Lipinski definition) is 0. The zero-order valence-corrected chi connectivity index (χ0v) is 11.1. The lowest BCUT2D eigenvalue weighted by Crippen LogP contribution is -2.12. The van der Waals surface area contributed by atoms with Gasteiger partial charge < -0.3 is 4.74 Å². The molecule has 0 aliphatic rings. The lowest BCUT2D eigenvalue weighted by molar-refractivity contribution is -0.142. The highest BCUT2D eigenvalue weighted by atomic mass is 79.9. The zero-order valence-electron chi connectivity index (χ0n) is 9.47. The summed E-state index contributed by atoms with van der Waals surface area (Å²) < 4.78 is 30.7. The van der Waals surface area contributed by atoms with E-state index < -0.39 is 12.4 Å². The number of carbonyl (C=O) groups excluding carboxylic acids is 1. The summed E-state index contributed by atoms with van der Waals surface area (Å²) in [5.41, 5.74) is 0.460. The predicted octanol–water partition coefficient (Wildman–Crippen LogP) is 3.20. The number of hydrogen-bond acceptors (Lipinski definition) is 3. The van der Waals surface area contributed by atoms with Crippen LogP contribution in [0.2, 0.25) is 0 Å². The van der Waals surface area contributed by atoms with E-state index in [1.165, 1.54) is 6.07 Å². The van der Waals surface area contributed by atoms with E-state index in [1.54, 1.807) is 13.8 Å². The molecule has 94 valence electrons. The van der Waals surface area contributed by atoms with Gasteiger partial charge in [-0.1, -0.05) is 0 Å². The highest BCUT2D eigenvalue weighted by molar-refractivity contribution is 9.10. The molecule has 1 rings (SSSR count). The predicted molar refractivity (Wildman–Crippen MR) is 62.0 cm³/mol. The van der Waals surface area contributed by atoms with Gasteiger partial charge in [-0.25, -0.2) is 13.8 Å². The normalized spacial score (nSPS) is 10.7. The topological polar surface area (TPSA) is 39.2 Å². The Morgan fingerprint density at radius 1 is 1.59 bits per heavy atom. The summed E-state index contributed by atoms with van der Waals surface area (Å²) in [7, 11) is 0. The second-order valence-corrected chi connectivity index (χ2v) is 4.19. The van der Waals surface area contributed by atoms with Gasteiger partial charge in [-0.15, -0.1) is 0 Å². The fraction of sp³-hybridized carbons (Fsp3) is 0.455. The van der Waals surface area contributed by atoms with Crippen molar-refractivity contribution in [3.05, 3.63) is 27.5 Å². The first kappa shape index (κ1) is 14.0. The maximum absolute atomic E-state index is 12.8. The average Bonchev–Trinajstić information content (AvgIpc) is 2.21. The number of esters is 1. The molecule has 0 atom stereocenters. The van der Waals surface area contributed by atoms with E-state index in [0.717, 1.165) is 0 Å². The number of halogens is 3. The van der Waals surface area contributed by atoms with Gasteiger partial charge in [0.2, 0.25) is 0 Å². The second-order valence-electron chi connectivity index (χ2n) is 3.38. The molecule has 3 nitrogen and oxygen atoms in total. The van der Waals surface area contributed by atoms with Crippen LogP contribution in [0.1, 0.15) is 30.2 Å². The van der Waals surface area contributed by atoms with Gasteiger partial charge in [-0.2, -0.15) is 0 Å². The quantitative estimate of drug-likeness (QED) is 0.633. The molecule has 0 saturated carbocycles. The monoisotopic (exact) mass is 307 g/mol. The molecule has 0 aliphatic carbocycles. The van der Waals surface area contributed by atoms with E-state index in [1.807, 2.05) is 0 Å². The van der Waals surface area contributed by atoms with Gasteiger partial charge >= 0.3 is 5.97 Å². The van der Waals surface area contributed by atoms with Crippen LogP contribution in [0.4, 0.5) is 8.78 Å². The molecule has 17 heavy (non-hydrogen) atoms. The Hall–Kier alpha value is -1.04. The van der Waals surface area contributed by atoms with Gasteiger partial charge in [0.1, 0.15) is 4.60 Å². The molecule has 0 spiro atoms. The van der Waals surface area contributed by atoms with Gasteiger partial charge in [0.15, 0.2) is 0 Å². The van der Waals surface area contributed by atoms with Crippen LogP contribution in [-0.2, 0) is 16.0 Å². The van der Waals surface area contributed by atoms with Crippen molar-refractivity contribution in [3.63, 3.8) is 0 Å². The lowest BCUT2D eigenvalue weighted by atomic mass is 10.0. The molecular formula is C11H12BrF2NO2. The molecule has 6 heteroatoms. The van der Waals surface area contributed by atoms with Crippen LogP contribution in [0, 0.1) is 6.92 Å². The molecule has 0 amide bonds. The van der Waals surface area contributed by atoms with E-state index in [4.69, 9.17) is 4.74 Å². The molecule has 1 aromatic heterocycles. The minimum Gasteiger partial charge on any atom is -0.466 e. The Morgan fingerprint density at radius 3 is 2.76 bits per heavy atom. The van der Waals surface area contributed by atoms with Crippen molar-refractivity contribution >= 4 is 21.9 Å². The number of alkyl halides is 2. The first-order valence-corrected chi connectivity index (χ1v) is 5.84. The minimum atomic E-state index is -2.64. The summed E-state index contributed by atoms with van der Waals surface area (Å²) in [5.74, 6) is -0.526. The van der Waals surface area contributed by atoms with E-state index in [9.17, 15) is 13.6 Å². The highest BCUT2D eigenvalue weighted by Gasteiger charge is 2.19. The van der Waals surface area contributed by atoms with Gasteiger partial charge in [-0.05, 0) is 41.4 Å². The Balaban J connectivity index is 3.08. The lowest BCUT2D eigenvalue weighted by Gasteiger charge is -2.11. The molecular weight excluding hydrogens is 296 g/mol. The van der Waals surface area contributed by atoms with Crippen LogP contribution >= 0.6 is 15.9 Å². The van der Waals surface area contributed by atoms with Crippen molar-refractivity contribution < 1.29 is 18.3 Å². The van der Waals surface area contributed by atoms with Crippen LogP contribution in [0.25, 0.3) is 0 Å². The van der Waals surface area contributed by atoms with Gasteiger partial charge in [0.25, 0.3) is 6.43 Å². The first-order valence-electron chi connectivity index (χ1n) is 5.05. The molecule has 0 aliphatic heterocycles. The van der Waals surface area contributed by atoms with E-state index >= 15 is 0 Å². The number of carbonyl (C=O) groups is 1. The Morgan fingerprint density at radius 2 is 2.24 bits per heavy atom. The molecule has 0 radical (unpaired) electrons. The summed E-state index contributed by atoms with van der Waals surface area (Å²) in [5, 5.41) is 0. The van der Waals surface area contributed by atoms with Crippen molar-refractivity contribution in [2.45, 2.75) is 26.7 Å². The maximum atomic E-state index is 12.8. The van der Waals surface area contributed by atoms with E-state index in [0.29, 0.717) is 10.3 Å². The molecule has 0 unspecified atom stereocenters. The molecule has 0 aromatic carbocycles. The van der Waals surface area contributed by atoms with E-state index in [-0.39, 0.29) is 24.2 Å². The number of nitrogens with zero attached hydrogens (tertiary/aromatic N) is 1. The molecule has 0 N–H and O–H groups in total. The molecule has 0 bridgehead atoms.